The predicted molar refractivity (Wildman–Crippen MR) is 105 cm³/mol. The van der Waals surface area contributed by atoms with Gasteiger partial charge >= 0.3 is 6.03 Å². The van der Waals surface area contributed by atoms with Gasteiger partial charge in [0, 0.05) is 24.2 Å². The van der Waals surface area contributed by atoms with Crippen molar-refractivity contribution in [3.05, 3.63) is 71.8 Å². The van der Waals surface area contributed by atoms with Gasteiger partial charge in [-0.3, -0.25) is 14.9 Å². The first-order valence-corrected chi connectivity index (χ1v) is 9.29. The van der Waals surface area contributed by atoms with E-state index in [-0.39, 0.29) is 18.0 Å². The van der Waals surface area contributed by atoms with Gasteiger partial charge in [0.25, 0.3) is 0 Å². The number of rotatable bonds is 2. The number of amidine groups is 1. The average molecular weight is 375 g/mol. The highest BCUT2D eigenvalue weighted by molar-refractivity contribution is 6.20. The second kappa shape index (κ2) is 6.71. The van der Waals surface area contributed by atoms with Gasteiger partial charge in [0.05, 0.1) is 0 Å². The third kappa shape index (κ3) is 2.56. The van der Waals surface area contributed by atoms with Gasteiger partial charge in [-0.1, -0.05) is 67.6 Å². The van der Waals surface area contributed by atoms with E-state index < -0.39 is 35.1 Å². The largest absolute Gasteiger partial charge is 0.386 e. The fraction of sp³-hybridized carbons (Fsp3) is 0.273. The monoisotopic (exact) mass is 375 g/mol. The lowest BCUT2D eigenvalue weighted by Gasteiger charge is -2.50. The number of Topliss-reactive ketones (excluding diaryl/α,β-unsaturated/α-hetero) is 1. The number of carbonyl (C=O) groups is 3. The summed E-state index contributed by atoms with van der Waals surface area (Å²) >= 11 is 0. The molecule has 1 aliphatic carbocycles. The number of aliphatic imine (C=N–C) groups is 1. The van der Waals surface area contributed by atoms with Gasteiger partial charge in [0.1, 0.15) is 17.0 Å². The Morgan fingerprint density at radius 3 is 2.11 bits per heavy atom. The minimum atomic E-state index is -1.32. The normalized spacial score (nSPS) is 30.1. The van der Waals surface area contributed by atoms with Crippen LogP contribution < -0.4 is 11.1 Å². The number of benzene rings is 2. The Morgan fingerprint density at radius 1 is 0.964 bits per heavy atom. The summed E-state index contributed by atoms with van der Waals surface area (Å²) in [6, 6.07) is 18.0. The Labute approximate surface area is 162 Å². The van der Waals surface area contributed by atoms with Crippen molar-refractivity contribution in [2.24, 2.45) is 22.1 Å². The molecule has 2 aromatic rings. The Hall–Kier alpha value is -3.28. The summed E-state index contributed by atoms with van der Waals surface area (Å²) in [5.41, 5.74) is 6.68. The Balaban J connectivity index is 2.02. The maximum absolute atomic E-state index is 13.4. The average Bonchev–Trinajstić information content (AvgIpc) is 2.69. The van der Waals surface area contributed by atoms with Crippen LogP contribution in [-0.2, 0) is 9.59 Å². The first kappa shape index (κ1) is 18.1. The molecule has 0 bridgehead atoms. The molecule has 4 atom stereocenters. The van der Waals surface area contributed by atoms with E-state index in [1.165, 1.54) is 0 Å². The molecule has 28 heavy (non-hydrogen) atoms. The zero-order chi connectivity index (χ0) is 19.9. The lowest BCUT2D eigenvalue weighted by molar-refractivity contribution is -0.136. The molecular weight excluding hydrogens is 354 g/mol. The zero-order valence-electron chi connectivity index (χ0n) is 15.5. The number of amides is 3. The molecule has 0 radical (unpaired) electrons. The number of imide groups is 1. The fourth-order valence-electron chi connectivity index (χ4n) is 4.81. The molecule has 2 aromatic carbocycles. The summed E-state index contributed by atoms with van der Waals surface area (Å²) in [5.74, 6) is -1.95. The standard InChI is InChI=1S/C22H21N3O3/c1-13-17(26)12-16(14-8-4-2-5-9-14)22(18(13)15-10-6-3-7-11-15)19(23)24-21(28)25-20(22)27/h2-11,13,16,18H,12H2,1H3,(H3,23,24,25,27,28). The SMILES string of the molecule is CC1C(=O)CC(c2ccccc2)C2(C(=O)NC(=O)N=C2N)C1c1ccccc1. The van der Waals surface area contributed by atoms with E-state index in [2.05, 4.69) is 10.3 Å². The number of hydrogen-bond acceptors (Lipinski definition) is 4. The van der Waals surface area contributed by atoms with Crippen molar-refractivity contribution < 1.29 is 14.4 Å². The molecule has 1 saturated carbocycles. The van der Waals surface area contributed by atoms with E-state index >= 15 is 0 Å². The van der Waals surface area contributed by atoms with Crippen LogP contribution in [0.2, 0.25) is 0 Å². The molecule has 6 heteroatoms. The van der Waals surface area contributed by atoms with E-state index in [1.807, 2.05) is 67.6 Å². The minimum absolute atomic E-state index is 0.0247. The molecule has 1 spiro atoms. The van der Waals surface area contributed by atoms with Gasteiger partial charge in [0.15, 0.2) is 0 Å². The summed E-state index contributed by atoms with van der Waals surface area (Å²) < 4.78 is 0. The van der Waals surface area contributed by atoms with Crippen molar-refractivity contribution in [3.8, 4) is 0 Å². The first-order valence-electron chi connectivity index (χ1n) is 9.29. The third-order valence-corrected chi connectivity index (χ3v) is 6.06. The summed E-state index contributed by atoms with van der Waals surface area (Å²) in [6.07, 6.45) is 0.159. The van der Waals surface area contributed by atoms with E-state index in [4.69, 9.17) is 5.73 Å². The van der Waals surface area contributed by atoms with Crippen molar-refractivity contribution in [2.75, 3.05) is 0 Å². The van der Waals surface area contributed by atoms with Crippen LogP contribution in [0.4, 0.5) is 4.79 Å². The fourth-order valence-corrected chi connectivity index (χ4v) is 4.81. The highest BCUT2D eigenvalue weighted by atomic mass is 16.2. The van der Waals surface area contributed by atoms with Crippen molar-refractivity contribution in [2.45, 2.75) is 25.2 Å². The minimum Gasteiger partial charge on any atom is -0.386 e. The summed E-state index contributed by atoms with van der Waals surface area (Å²) in [5, 5.41) is 2.35. The van der Waals surface area contributed by atoms with Gasteiger partial charge in [0.2, 0.25) is 5.91 Å². The lowest BCUT2D eigenvalue weighted by atomic mass is 9.51. The van der Waals surface area contributed by atoms with E-state index in [0.29, 0.717) is 0 Å². The molecule has 6 nitrogen and oxygen atoms in total. The van der Waals surface area contributed by atoms with Crippen molar-refractivity contribution in [3.63, 3.8) is 0 Å². The van der Waals surface area contributed by atoms with Crippen LogP contribution in [0.3, 0.4) is 0 Å². The number of nitrogens with zero attached hydrogens (tertiary/aromatic N) is 1. The molecule has 3 N–H and O–H groups in total. The number of nitrogens with two attached hydrogens (primary N) is 1. The molecule has 1 fully saturated rings. The van der Waals surface area contributed by atoms with Gasteiger partial charge in [-0.2, -0.15) is 4.99 Å². The van der Waals surface area contributed by atoms with Crippen LogP contribution >= 0.6 is 0 Å². The topological polar surface area (TPSA) is 102 Å². The zero-order valence-corrected chi connectivity index (χ0v) is 15.5. The smallest absolute Gasteiger partial charge is 0.349 e. The third-order valence-electron chi connectivity index (χ3n) is 6.06. The molecule has 0 saturated heterocycles. The molecule has 4 unspecified atom stereocenters. The van der Waals surface area contributed by atoms with Gasteiger partial charge in [-0.15, -0.1) is 0 Å². The van der Waals surface area contributed by atoms with Crippen LogP contribution in [0.1, 0.15) is 36.3 Å². The van der Waals surface area contributed by atoms with Crippen LogP contribution in [0.25, 0.3) is 0 Å². The molecule has 1 heterocycles. The molecule has 4 rings (SSSR count). The summed E-state index contributed by atoms with van der Waals surface area (Å²) in [7, 11) is 0. The van der Waals surface area contributed by atoms with E-state index in [0.717, 1.165) is 11.1 Å². The Bertz CT molecular complexity index is 971. The van der Waals surface area contributed by atoms with Gasteiger partial charge in [-0.05, 0) is 11.1 Å². The number of urea groups is 1. The number of carbonyl (C=O) groups excluding carboxylic acids is 3. The van der Waals surface area contributed by atoms with E-state index in [9.17, 15) is 14.4 Å². The van der Waals surface area contributed by atoms with Gasteiger partial charge < -0.3 is 5.73 Å². The highest BCUT2D eigenvalue weighted by Crippen LogP contribution is 2.57. The van der Waals surface area contributed by atoms with E-state index in [1.54, 1.807) is 0 Å². The van der Waals surface area contributed by atoms with Crippen LogP contribution in [0.5, 0.6) is 0 Å². The number of ketones is 1. The maximum atomic E-state index is 13.4. The number of nitrogens with one attached hydrogen (secondary N) is 1. The molecule has 1 aliphatic heterocycles. The lowest BCUT2D eigenvalue weighted by Crippen LogP contribution is -2.64. The van der Waals surface area contributed by atoms with Crippen molar-refractivity contribution in [1.29, 1.82) is 0 Å². The molecule has 142 valence electrons. The quantitative estimate of drug-likeness (QED) is 0.842. The Morgan fingerprint density at radius 2 is 1.54 bits per heavy atom. The Kier molecular flexibility index (Phi) is 4.34. The van der Waals surface area contributed by atoms with Gasteiger partial charge in [-0.25, -0.2) is 4.79 Å². The molecule has 3 amide bonds. The van der Waals surface area contributed by atoms with Crippen molar-refractivity contribution in [1.82, 2.24) is 5.32 Å². The van der Waals surface area contributed by atoms with Crippen LogP contribution in [0, 0.1) is 11.3 Å². The first-order chi connectivity index (χ1) is 13.5. The van der Waals surface area contributed by atoms with Crippen LogP contribution in [-0.4, -0.2) is 23.6 Å². The summed E-state index contributed by atoms with van der Waals surface area (Å²) in [6.45, 7) is 1.82. The number of hydrogen-bond donors (Lipinski definition) is 2. The maximum Gasteiger partial charge on any atom is 0.349 e. The second-order valence-electron chi connectivity index (χ2n) is 7.44. The molecule has 2 aliphatic rings. The predicted octanol–water partition coefficient (Wildman–Crippen LogP) is 2.76. The van der Waals surface area contributed by atoms with Crippen molar-refractivity contribution >= 4 is 23.6 Å². The highest BCUT2D eigenvalue weighted by Gasteiger charge is 2.62. The summed E-state index contributed by atoms with van der Waals surface area (Å²) in [4.78, 5) is 42.2. The molecule has 0 aromatic heterocycles. The molecular formula is C22H21N3O3. The van der Waals surface area contributed by atoms with Crippen LogP contribution in [0.15, 0.2) is 65.7 Å². The second-order valence-corrected chi connectivity index (χ2v) is 7.44.